The average Bonchev–Trinajstić information content (AvgIpc) is 3.25. The van der Waals surface area contributed by atoms with Gasteiger partial charge in [-0.05, 0) is 43.9 Å². The number of carbonyl (C=O) groups excluding carboxylic acids is 1. The number of amides is 1. The lowest BCUT2D eigenvalue weighted by Crippen LogP contribution is -2.38. The number of aryl methyl sites for hydroxylation is 1. The first-order chi connectivity index (χ1) is 11.6. The Bertz CT molecular complexity index is 904. The molecule has 1 atom stereocenters. The fourth-order valence-electron chi connectivity index (χ4n) is 2.92. The summed E-state index contributed by atoms with van der Waals surface area (Å²) >= 11 is 0. The fraction of sp³-hybridized carbons (Fsp3) is 0.562. The molecule has 1 aromatic carbocycles. The van der Waals surface area contributed by atoms with E-state index in [0.29, 0.717) is 12.0 Å². The van der Waals surface area contributed by atoms with Gasteiger partial charge in [0.15, 0.2) is 9.84 Å². The molecule has 0 spiro atoms. The quantitative estimate of drug-likeness (QED) is 0.803. The Balaban J connectivity index is 1.86. The zero-order valence-corrected chi connectivity index (χ0v) is 15.9. The SMILES string of the molecule is Cc1ccc(S(=O)(=O)NC2CC2)cc1C(=O)N(C)C1CCS(=O)(=O)C1. The number of carbonyl (C=O) groups is 1. The molecule has 7 nitrogen and oxygen atoms in total. The molecule has 1 amide bonds. The third-order valence-corrected chi connectivity index (χ3v) is 7.99. The van der Waals surface area contributed by atoms with Gasteiger partial charge in [0, 0.05) is 24.7 Å². The van der Waals surface area contributed by atoms with Crippen molar-refractivity contribution in [1.29, 1.82) is 0 Å². The summed E-state index contributed by atoms with van der Waals surface area (Å²) in [5.41, 5.74) is 0.938. The van der Waals surface area contributed by atoms with E-state index in [4.69, 9.17) is 0 Å². The highest BCUT2D eigenvalue weighted by molar-refractivity contribution is 7.91. The third-order valence-electron chi connectivity index (χ3n) is 4.73. The normalized spacial score (nSPS) is 22.7. The number of sulfone groups is 1. The summed E-state index contributed by atoms with van der Waals surface area (Å²) in [6.45, 7) is 1.73. The maximum Gasteiger partial charge on any atom is 0.254 e. The van der Waals surface area contributed by atoms with E-state index in [1.807, 2.05) is 0 Å². The van der Waals surface area contributed by atoms with Crippen LogP contribution < -0.4 is 4.72 Å². The van der Waals surface area contributed by atoms with E-state index in [1.54, 1.807) is 20.0 Å². The Morgan fingerprint density at radius 3 is 2.48 bits per heavy atom. The number of rotatable bonds is 5. The minimum atomic E-state index is -3.65. The van der Waals surface area contributed by atoms with Gasteiger partial charge in [0.1, 0.15) is 0 Å². The molecule has 1 heterocycles. The van der Waals surface area contributed by atoms with Crippen LogP contribution in [-0.4, -0.2) is 58.3 Å². The predicted molar refractivity (Wildman–Crippen MR) is 93.7 cm³/mol. The lowest BCUT2D eigenvalue weighted by molar-refractivity contribution is 0.0746. The van der Waals surface area contributed by atoms with Crippen LogP contribution in [-0.2, 0) is 19.9 Å². The molecule has 2 aliphatic rings. The largest absolute Gasteiger partial charge is 0.338 e. The van der Waals surface area contributed by atoms with Crippen LogP contribution in [0, 0.1) is 6.92 Å². The molecule has 1 unspecified atom stereocenters. The molecule has 1 saturated heterocycles. The lowest BCUT2D eigenvalue weighted by Gasteiger charge is -2.24. The van der Waals surface area contributed by atoms with Crippen molar-refractivity contribution in [1.82, 2.24) is 9.62 Å². The van der Waals surface area contributed by atoms with Crippen LogP contribution in [0.25, 0.3) is 0 Å². The van der Waals surface area contributed by atoms with Crippen LogP contribution >= 0.6 is 0 Å². The maximum absolute atomic E-state index is 12.8. The van der Waals surface area contributed by atoms with Gasteiger partial charge in [0.05, 0.1) is 16.4 Å². The van der Waals surface area contributed by atoms with Gasteiger partial charge in [-0.3, -0.25) is 4.79 Å². The van der Waals surface area contributed by atoms with Gasteiger partial charge in [-0.25, -0.2) is 21.6 Å². The summed E-state index contributed by atoms with van der Waals surface area (Å²) in [5, 5.41) is 0. The number of nitrogens with one attached hydrogen (secondary N) is 1. The van der Waals surface area contributed by atoms with Gasteiger partial charge in [-0.2, -0.15) is 0 Å². The van der Waals surface area contributed by atoms with Crippen molar-refractivity contribution in [2.45, 2.75) is 43.2 Å². The highest BCUT2D eigenvalue weighted by Gasteiger charge is 2.34. The van der Waals surface area contributed by atoms with Gasteiger partial charge in [-0.1, -0.05) is 6.07 Å². The number of benzene rings is 1. The zero-order valence-electron chi connectivity index (χ0n) is 14.2. The number of hydrogen-bond donors (Lipinski definition) is 1. The van der Waals surface area contributed by atoms with E-state index in [9.17, 15) is 21.6 Å². The molecule has 1 aliphatic carbocycles. The van der Waals surface area contributed by atoms with Crippen molar-refractivity contribution in [3.8, 4) is 0 Å². The van der Waals surface area contributed by atoms with Crippen LogP contribution in [0.2, 0.25) is 0 Å². The monoisotopic (exact) mass is 386 g/mol. The summed E-state index contributed by atoms with van der Waals surface area (Å²) in [6.07, 6.45) is 2.07. The summed E-state index contributed by atoms with van der Waals surface area (Å²) in [5.74, 6) is -0.327. The molecular weight excluding hydrogens is 364 g/mol. The summed E-state index contributed by atoms with van der Waals surface area (Å²) in [4.78, 5) is 14.3. The van der Waals surface area contributed by atoms with E-state index in [2.05, 4.69) is 4.72 Å². The molecule has 138 valence electrons. The Morgan fingerprint density at radius 1 is 1.24 bits per heavy atom. The first-order valence-corrected chi connectivity index (χ1v) is 11.5. The highest BCUT2D eigenvalue weighted by atomic mass is 32.2. The summed E-state index contributed by atoms with van der Waals surface area (Å²) in [7, 11) is -5.19. The van der Waals surface area contributed by atoms with Gasteiger partial charge in [-0.15, -0.1) is 0 Å². The van der Waals surface area contributed by atoms with Gasteiger partial charge >= 0.3 is 0 Å². The van der Waals surface area contributed by atoms with E-state index < -0.39 is 19.9 Å². The molecule has 25 heavy (non-hydrogen) atoms. The molecular formula is C16H22N2O5S2. The second-order valence-corrected chi connectivity index (χ2v) is 10.8. The fourth-order valence-corrected chi connectivity index (χ4v) is 6.03. The van der Waals surface area contributed by atoms with Crippen molar-refractivity contribution < 1.29 is 21.6 Å². The topological polar surface area (TPSA) is 101 Å². The third kappa shape index (κ3) is 4.04. The molecule has 3 rings (SSSR count). The zero-order chi connectivity index (χ0) is 18.4. The Kier molecular flexibility index (Phi) is 4.67. The molecule has 9 heteroatoms. The highest BCUT2D eigenvalue weighted by Crippen LogP contribution is 2.25. The first kappa shape index (κ1) is 18.3. The molecule has 1 N–H and O–H groups in total. The van der Waals surface area contributed by atoms with Crippen LogP contribution in [0.5, 0.6) is 0 Å². The van der Waals surface area contributed by atoms with Crippen LogP contribution in [0.1, 0.15) is 35.2 Å². The van der Waals surface area contributed by atoms with Crippen molar-refractivity contribution in [2.24, 2.45) is 0 Å². The maximum atomic E-state index is 12.8. The smallest absolute Gasteiger partial charge is 0.254 e. The number of hydrogen-bond acceptors (Lipinski definition) is 5. The minimum absolute atomic E-state index is 0.0168. The molecule has 0 radical (unpaired) electrons. The van der Waals surface area contributed by atoms with E-state index in [-0.39, 0.29) is 40.0 Å². The summed E-state index contributed by atoms with van der Waals surface area (Å²) in [6, 6.07) is 4.08. The molecule has 1 aromatic rings. The van der Waals surface area contributed by atoms with Crippen molar-refractivity contribution >= 4 is 25.8 Å². The molecule has 0 bridgehead atoms. The Labute approximate surface area is 148 Å². The standard InChI is InChI=1S/C16H22N2O5S2/c1-11-3-6-14(25(22,23)17-12-4-5-12)9-15(11)16(19)18(2)13-7-8-24(20,21)10-13/h3,6,9,12-13,17H,4-5,7-8,10H2,1-2H3. The van der Waals surface area contributed by atoms with E-state index in [0.717, 1.165) is 12.8 Å². The molecule has 2 fully saturated rings. The van der Waals surface area contributed by atoms with E-state index >= 15 is 0 Å². The Morgan fingerprint density at radius 2 is 1.92 bits per heavy atom. The average molecular weight is 386 g/mol. The summed E-state index contributed by atoms with van der Waals surface area (Å²) < 4.78 is 50.6. The Hall–Kier alpha value is -1.45. The van der Waals surface area contributed by atoms with Crippen LogP contribution in [0.15, 0.2) is 23.1 Å². The second kappa shape index (κ2) is 6.37. The van der Waals surface area contributed by atoms with Crippen molar-refractivity contribution in [3.63, 3.8) is 0 Å². The predicted octanol–water partition coefficient (Wildman–Crippen LogP) is 0.695. The van der Waals surface area contributed by atoms with E-state index in [1.165, 1.54) is 17.0 Å². The van der Waals surface area contributed by atoms with Crippen molar-refractivity contribution in [3.05, 3.63) is 29.3 Å². The number of nitrogens with zero attached hydrogens (tertiary/aromatic N) is 1. The van der Waals surface area contributed by atoms with Gasteiger partial charge in [0.25, 0.3) is 5.91 Å². The van der Waals surface area contributed by atoms with Crippen LogP contribution in [0.4, 0.5) is 0 Å². The second-order valence-electron chi connectivity index (χ2n) is 6.85. The molecule has 0 aromatic heterocycles. The molecule has 1 saturated carbocycles. The first-order valence-electron chi connectivity index (χ1n) is 8.20. The van der Waals surface area contributed by atoms with Crippen molar-refractivity contribution in [2.75, 3.05) is 18.6 Å². The van der Waals surface area contributed by atoms with Gasteiger partial charge < -0.3 is 4.90 Å². The minimum Gasteiger partial charge on any atom is -0.338 e. The van der Waals surface area contributed by atoms with Crippen LogP contribution in [0.3, 0.4) is 0 Å². The van der Waals surface area contributed by atoms with Gasteiger partial charge in [0.2, 0.25) is 10.0 Å². The molecule has 1 aliphatic heterocycles. The lowest BCUT2D eigenvalue weighted by atomic mass is 10.1. The number of sulfonamides is 1.